The fraction of sp³-hybridized carbons (Fsp3) is 0.435. The number of amides is 1. The molecule has 6 nitrogen and oxygen atoms in total. The van der Waals surface area contributed by atoms with E-state index in [1.54, 1.807) is 6.92 Å². The maximum Gasteiger partial charge on any atom is 0.341 e. The van der Waals surface area contributed by atoms with E-state index in [1.165, 1.54) is 37.7 Å². The summed E-state index contributed by atoms with van der Waals surface area (Å²) in [4.78, 5) is 37.9. The lowest BCUT2D eigenvalue weighted by molar-refractivity contribution is -0.160. The van der Waals surface area contributed by atoms with Crippen molar-refractivity contribution >= 4 is 34.2 Å². The van der Waals surface area contributed by atoms with Gasteiger partial charge in [0.15, 0.2) is 5.60 Å². The molecule has 160 valence electrons. The monoisotopic (exact) mass is 429 g/mol. The summed E-state index contributed by atoms with van der Waals surface area (Å²) in [6.45, 7) is 6.30. The Morgan fingerprint density at radius 2 is 1.90 bits per heavy atom. The lowest BCUT2D eigenvalue weighted by Gasteiger charge is -2.23. The van der Waals surface area contributed by atoms with E-state index < -0.39 is 23.4 Å². The second kappa shape index (κ2) is 9.00. The Kier molecular flexibility index (Phi) is 6.61. The Morgan fingerprint density at radius 3 is 2.53 bits per heavy atom. The number of rotatable bonds is 6. The number of esters is 2. The summed E-state index contributed by atoms with van der Waals surface area (Å²) in [5, 5.41) is 3.26. The van der Waals surface area contributed by atoms with Crippen LogP contribution < -0.4 is 5.32 Å². The van der Waals surface area contributed by atoms with E-state index in [9.17, 15) is 14.4 Å². The van der Waals surface area contributed by atoms with Crippen LogP contribution in [0.4, 0.5) is 5.00 Å². The summed E-state index contributed by atoms with van der Waals surface area (Å²) in [6, 6.07) is 10.3. The molecule has 1 aromatic carbocycles. The lowest BCUT2D eigenvalue weighted by atomic mass is 9.83. The molecule has 1 amide bonds. The molecule has 1 aliphatic rings. The average Bonchev–Trinajstić information content (AvgIpc) is 3.04. The molecule has 0 radical (unpaired) electrons. The van der Waals surface area contributed by atoms with Crippen molar-refractivity contribution < 1.29 is 23.9 Å². The zero-order valence-corrected chi connectivity index (χ0v) is 18.6. The number of hydrogen-bond donors (Lipinski definition) is 1. The fourth-order valence-electron chi connectivity index (χ4n) is 3.76. The summed E-state index contributed by atoms with van der Waals surface area (Å²) < 4.78 is 10.4. The highest BCUT2D eigenvalue weighted by Gasteiger charge is 2.35. The van der Waals surface area contributed by atoms with Crippen LogP contribution >= 0.6 is 11.3 Å². The van der Waals surface area contributed by atoms with Gasteiger partial charge >= 0.3 is 11.9 Å². The number of anilines is 1. The predicted octanol–water partition coefficient (Wildman–Crippen LogP) is 4.48. The quantitative estimate of drug-likeness (QED) is 0.685. The van der Waals surface area contributed by atoms with Gasteiger partial charge in [0.2, 0.25) is 0 Å². The highest BCUT2D eigenvalue weighted by molar-refractivity contribution is 7.17. The fourth-order valence-corrected chi connectivity index (χ4v) is 5.07. The second-order valence-corrected chi connectivity index (χ2v) is 8.94. The minimum absolute atomic E-state index is 0.252. The zero-order chi connectivity index (χ0) is 21.9. The Morgan fingerprint density at radius 1 is 1.20 bits per heavy atom. The van der Waals surface area contributed by atoms with Gasteiger partial charge < -0.3 is 14.8 Å². The number of carbonyl (C=O) groups is 3. The normalized spacial score (nSPS) is 15.8. The van der Waals surface area contributed by atoms with Crippen LogP contribution in [0.2, 0.25) is 0 Å². The molecule has 0 saturated carbocycles. The molecular weight excluding hydrogens is 402 g/mol. The van der Waals surface area contributed by atoms with E-state index in [0.29, 0.717) is 16.5 Å². The molecule has 0 spiro atoms. The maximum atomic E-state index is 12.8. The molecule has 0 aliphatic heterocycles. The van der Waals surface area contributed by atoms with Gasteiger partial charge in [-0.25, -0.2) is 4.79 Å². The SMILES string of the molecule is CCOC(=O)c1c(NC(=O)C(C)(C)OC(C)=O)sc2c1CC[C@H](c1ccccc1)C2. The number of fused-ring (bicyclic) bond motifs is 1. The Labute approximate surface area is 180 Å². The summed E-state index contributed by atoms with van der Waals surface area (Å²) in [6.07, 6.45) is 2.47. The minimum Gasteiger partial charge on any atom is -0.462 e. The third-order valence-corrected chi connectivity index (χ3v) is 6.36. The van der Waals surface area contributed by atoms with Crippen LogP contribution in [0.3, 0.4) is 0 Å². The van der Waals surface area contributed by atoms with Crippen LogP contribution in [-0.4, -0.2) is 30.1 Å². The van der Waals surface area contributed by atoms with Gasteiger partial charge in [-0.1, -0.05) is 30.3 Å². The third kappa shape index (κ3) is 4.73. The van der Waals surface area contributed by atoms with Gasteiger partial charge in [-0.05, 0) is 57.1 Å². The van der Waals surface area contributed by atoms with Crippen molar-refractivity contribution in [1.29, 1.82) is 0 Å². The molecule has 7 heteroatoms. The van der Waals surface area contributed by atoms with Crippen molar-refractivity contribution in [2.45, 2.75) is 58.5 Å². The molecule has 1 atom stereocenters. The topological polar surface area (TPSA) is 81.7 Å². The molecule has 0 bridgehead atoms. The van der Waals surface area contributed by atoms with Crippen molar-refractivity contribution in [3.05, 3.63) is 51.9 Å². The number of carbonyl (C=O) groups excluding carboxylic acids is 3. The van der Waals surface area contributed by atoms with Crippen molar-refractivity contribution in [2.75, 3.05) is 11.9 Å². The molecule has 3 rings (SSSR count). The molecule has 0 unspecified atom stereocenters. The van der Waals surface area contributed by atoms with E-state index in [2.05, 4.69) is 17.4 Å². The number of thiophene rings is 1. The molecule has 2 aromatic rings. The van der Waals surface area contributed by atoms with Gasteiger partial charge in [-0.3, -0.25) is 9.59 Å². The molecule has 0 saturated heterocycles. The van der Waals surface area contributed by atoms with Crippen molar-refractivity contribution in [3.8, 4) is 0 Å². The van der Waals surface area contributed by atoms with E-state index in [0.717, 1.165) is 29.7 Å². The van der Waals surface area contributed by atoms with Gasteiger partial charge in [0.25, 0.3) is 5.91 Å². The Bertz CT molecular complexity index is 948. The highest BCUT2D eigenvalue weighted by atomic mass is 32.1. The maximum absolute atomic E-state index is 12.8. The molecule has 1 heterocycles. The highest BCUT2D eigenvalue weighted by Crippen LogP contribution is 2.43. The summed E-state index contributed by atoms with van der Waals surface area (Å²) in [7, 11) is 0. The van der Waals surface area contributed by atoms with Crippen LogP contribution in [0, 0.1) is 0 Å². The van der Waals surface area contributed by atoms with E-state index in [1.807, 2.05) is 18.2 Å². The minimum atomic E-state index is -1.35. The predicted molar refractivity (Wildman–Crippen MR) is 116 cm³/mol. The Hall–Kier alpha value is -2.67. The molecular formula is C23H27NO5S. The second-order valence-electron chi connectivity index (χ2n) is 7.84. The average molecular weight is 430 g/mol. The smallest absolute Gasteiger partial charge is 0.341 e. The van der Waals surface area contributed by atoms with Crippen LogP contribution in [0.5, 0.6) is 0 Å². The Balaban J connectivity index is 1.92. The summed E-state index contributed by atoms with van der Waals surface area (Å²) in [5.74, 6) is -1.10. The van der Waals surface area contributed by atoms with E-state index >= 15 is 0 Å². The molecule has 1 N–H and O–H groups in total. The van der Waals surface area contributed by atoms with Gasteiger partial charge in [0.1, 0.15) is 5.00 Å². The van der Waals surface area contributed by atoms with Gasteiger partial charge in [0.05, 0.1) is 12.2 Å². The van der Waals surface area contributed by atoms with Crippen molar-refractivity contribution in [3.63, 3.8) is 0 Å². The van der Waals surface area contributed by atoms with Crippen molar-refractivity contribution in [2.24, 2.45) is 0 Å². The standard InChI is InChI=1S/C23H27NO5S/c1-5-28-21(26)19-17-12-11-16(15-9-7-6-8-10-15)13-18(17)30-20(19)24-22(27)23(3,4)29-14(2)25/h6-10,16H,5,11-13H2,1-4H3,(H,24,27)/t16-/m0/s1. The molecule has 1 aromatic heterocycles. The molecule has 30 heavy (non-hydrogen) atoms. The number of benzene rings is 1. The van der Waals surface area contributed by atoms with E-state index in [4.69, 9.17) is 9.47 Å². The van der Waals surface area contributed by atoms with Crippen LogP contribution in [-0.2, 0) is 31.9 Å². The molecule has 1 aliphatic carbocycles. The first kappa shape index (κ1) is 22.0. The molecule has 0 fully saturated rings. The van der Waals surface area contributed by atoms with Crippen LogP contribution in [0.15, 0.2) is 30.3 Å². The van der Waals surface area contributed by atoms with Crippen LogP contribution in [0.1, 0.15) is 66.4 Å². The number of hydrogen-bond acceptors (Lipinski definition) is 6. The first-order valence-corrected chi connectivity index (χ1v) is 10.9. The number of ether oxygens (including phenoxy) is 2. The first-order chi connectivity index (χ1) is 14.2. The van der Waals surface area contributed by atoms with Gasteiger partial charge in [-0.15, -0.1) is 11.3 Å². The summed E-state index contributed by atoms with van der Waals surface area (Å²) >= 11 is 1.40. The number of nitrogens with one attached hydrogen (secondary N) is 1. The lowest BCUT2D eigenvalue weighted by Crippen LogP contribution is -2.41. The van der Waals surface area contributed by atoms with Crippen LogP contribution in [0.25, 0.3) is 0 Å². The first-order valence-electron chi connectivity index (χ1n) is 10.1. The zero-order valence-electron chi connectivity index (χ0n) is 17.7. The van der Waals surface area contributed by atoms with Gasteiger partial charge in [0, 0.05) is 11.8 Å². The van der Waals surface area contributed by atoms with Crippen molar-refractivity contribution in [1.82, 2.24) is 0 Å². The third-order valence-electron chi connectivity index (χ3n) is 5.19. The van der Waals surface area contributed by atoms with Gasteiger partial charge in [-0.2, -0.15) is 0 Å². The summed E-state index contributed by atoms with van der Waals surface area (Å²) in [5.41, 5.74) is 1.30. The largest absolute Gasteiger partial charge is 0.462 e. The van der Waals surface area contributed by atoms with E-state index in [-0.39, 0.29) is 6.61 Å².